The maximum Gasteiger partial charge on any atom is 0.00719 e. The molecule has 2 atom stereocenters. The first-order chi connectivity index (χ1) is 5.68. The van der Waals surface area contributed by atoms with E-state index in [0.717, 1.165) is 12.0 Å². The van der Waals surface area contributed by atoms with Gasteiger partial charge in [0, 0.05) is 12.1 Å². The van der Waals surface area contributed by atoms with E-state index in [9.17, 15) is 0 Å². The molecule has 1 aliphatic rings. The van der Waals surface area contributed by atoms with Crippen molar-refractivity contribution in [2.24, 2.45) is 5.92 Å². The molecule has 72 valence electrons. The monoisotopic (exact) mass is 169 g/mol. The first kappa shape index (κ1) is 10.0. The second-order valence-corrected chi connectivity index (χ2v) is 4.64. The predicted octanol–water partition coefficient (Wildman–Crippen LogP) is 2.95. The summed E-state index contributed by atoms with van der Waals surface area (Å²) in [6.07, 6.45) is 7.09. The third-order valence-corrected chi connectivity index (χ3v) is 2.76. The van der Waals surface area contributed by atoms with Gasteiger partial charge in [-0.05, 0) is 18.8 Å². The Bertz CT molecular complexity index is 120. The van der Waals surface area contributed by atoms with E-state index in [0.29, 0.717) is 6.04 Å². The number of nitrogens with one attached hydrogen (secondary N) is 1. The highest BCUT2D eigenvalue weighted by atomic mass is 14.9. The molecule has 1 rings (SSSR count). The van der Waals surface area contributed by atoms with Gasteiger partial charge in [0.1, 0.15) is 0 Å². The largest absolute Gasteiger partial charge is 0.312 e. The highest BCUT2D eigenvalue weighted by molar-refractivity contribution is 4.75. The molecule has 0 radical (unpaired) electrons. The number of hydrogen-bond acceptors (Lipinski definition) is 1. The van der Waals surface area contributed by atoms with E-state index in [-0.39, 0.29) is 0 Å². The van der Waals surface area contributed by atoms with Crippen molar-refractivity contribution in [3.8, 4) is 0 Å². The highest BCUT2D eigenvalue weighted by Crippen LogP contribution is 2.22. The summed E-state index contributed by atoms with van der Waals surface area (Å²) in [5.74, 6) is 0.934. The van der Waals surface area contributed by atoms with Gasteiger partial charge in [-0.25, -0.2) is 0 Å². The van der Waals surface area contributed by atoms with Crippen molar-refractivity contribution >= 4 is 0 Å². The van der Waals surface area contributed by atoms with Crippen LogP contribution < -0.4 is 5.32 Å². The van der Waals surface area contributed by atoms with Crippen LogP contribution >= 0.6 is 0 Å². The van der Waals surface area contributed by atoms with E-state index >= 15 is 0 Å². The van der Waals surface area contributed by atoms with Gasteiger partial charge in [-0.3, -0.25) is 0 Å². The summed E-state index contributed by atoms with van der Waals surface area (Å²) in [5.41, 5.74) is 0. The fourth-order valence-corrected chi connectivity index (χ4v) is 2.23. The van der Waals surface area contributed by atoms with E-state index in [2.05, 4.69) is 26.1 Å². The van der Waals surface area contributed by atoms with Gasteiger partial charge in [-0.1, -0.05) is 40.0 Å². The van der Waals surface area contributed by atoms with Crippen molar-refractivity contribution in [2.75, 3.05) is 0 Å². The Labute approximate surface area is 76.9 Å². The molecule has 1 fully saturated rings. The average Bonchev–Trinajstić information content (AvgIpc) is 2.12. The van der Waals surface area contributed by atoms with Gasteiger partial charge < -0.3 is 5.32 Å². The summed E-state index contributed by atoms with van der Waals surface area (Å²) < 4.78 is 0. The van der Waals surface area contributed by atoms with Gasteiger partial charge in [-0.15, -0.1) is 0 Å². The van der Waals surface area contributed by atoms with Crippen LogP contribution in [0.5, 0.6) is 0 Å². The lowest BCUT2D eigenvalue weighted by molar-refractivity contribution is 0.381. The third kappa shape index (κ3) is 3.57. The third-order valence-electron chi connectivity index (χ3n) is 2.76. The van der Waals surface area contributed by atoms with Gasteiger partial charge in [0.15, 0.2) is 0 Å². The van der Waals surface area contributed by atoms with Gasteiger partial charge >= 0.3 is 0 Å². The van der Waals surface area contributed by atoms with Crippen molar-refractivity contribution in [1.29, 1.82) is 0 Å². The lowest BCUT2D eigenvalue weighted by Gasteiger charge is -2.21. The van der Waals surface area contributed by atoms with Crippen LogP contribution in [0, 0.1) is 5.92 Å². The van der Waals surface area contributed by atoms with Gasteiger partial charge in [0.25, 0.3) is 0 Å². The second-order valence-electron chi connectivity index (χ2n) is 4.64. The maximum atomic E-state index is 3.65. The maximum absolute atomic E-state index is 3.65. The molecule has 0 amide bonds. The Balaban J connectivity index is 2.31. The molecule has 0 aliphatic heterocycles. The Kier molecular flexibility index (Phi) is 4.07. The van der Waals surface area contributed by atoms with Crippen molar-refractivity contribution in [3.05, 3.63) is 0 Å². The van der Waals surface area contributed by atoms with Crippen LogP contribution in [0.2, 0.25) is 0 Å². The molecule has 1 heteroatoms. The zero-order valence-corrected chi connectivity index (χ0v) is 8.77. The van der Waals surface area contributed by atoms with E-state index < -0.39 is 0 Å². The van der Waals surface area contributed by atoms with Crippen molar-refractivity contribution in [2.45, 2.75) is 65.0 Å². The molecule has 0 aromatic carbocycles. The van der Waals surface area contributed by atoms with E-state index in [1.807, 2.05) is 0 Å². The zero-order chi connectivity index (χ0) is 8.97. The summed E-state index contributed by atoms with van der Waals surface area (Å²) in [6.45, 7) is 6.88. The summed E-state index contributed by atoms with van der Waals surface area (Å²) in [7, 11) is 0. The fourth-order valence-electron chi connectivity index (χ4n) is 2.23. The molecular weight excluding hydrogens is 146 g/mol. The zero-order valence-electron chi connectivity index (χ0n) is 8.77. The molecular formula is C11H23N. The molecule has 0 aromatic rings. The normalized spacial score (nSPS) is 32.0. The van der Waals surface area contributed by atoms with E-state index in [4.69, 9.17) is 0 Å². The topological polar surface area (TPSA) is 12.0 Å². The number of hydrogen-bond donors (Lipinski definition) is 1. The molecule has 0 spiro atoms. The number of rotatable bonds is 2. The lowest BCUT2D eigenvalue weighted by Crippen LogP contribution is -2.35. The van der Waals surface area contributed by atoms with Crippen LogP contribution in [0.4, 0.5) is 0 Å². The van der Waals surface area contributed by atoms with E-state index in [1.54, 1.807) is 0 Å². The van der Waals surface area contributed by atoms with Gasteiger partial charge in [0.05, 0.1) is 0 Å². The van der Waals surface area contributed by atoms with Crippen LogP contribution in [0.25, 0.3) is 0 Å². The smallest absolute Gasteiger partial charge is 0.00719 e. The molecule has 0 unspecified atom stereocenters. The fraction of sp³-hybridized carbons (Fsp3) is 1.00. The molecule has 1 saturated carbocycles. The Morgan fingerprint density at radius 1 is 1.17 bits per heavy atom. The van der Waals surface area contributed by atoms with Crippen molar-refractivity contribution < 1.29 is 0 Å². The van der Waals surface area contributed by atoms with Crippen molar-refractivity contribution in [3.63, 3.8) is 0 Å². The lowest BCUT2D eigenvalue weighted by atomic mass is 10.00. The summed E-state index contributed by atoms with van der Waals surface area (Å²) in [4.78, 5) is 0. The van der Waals surface area contributed by atoms with Crippen molar-refractivity contribution in [1.82, 2.24) is 5.32 Å². The SMILES string of the molecule is CC(C)N[C@@H]1CCCC[C@@H](C)C1. The summed E-state index contributed by atoms with van der Waals surface area (Å²) in [6, 6.07) is 1.45. The summed E-state index contributed by atoms with van der Waals surface area (Å²) >= 11 is 0. The minimum absolute atomic E-state index is 0.653. The molecule has 1 nitrogen and oxygen atoms in total. The van der Waals surface area contributed by atoms with Gasteiger partial charge in [0.2, 0.25) is 0 Å². The first-order valence-corrected chi connectivity index (χ1v) is 5.44. The minimum Gasteiger partial charge on any atom is -0.312 e. The molecule has 0 bridgehead atoms. The molecule has 1 N–H and O–H groups in total. The van der Waals surface area contributed by atoms with E-state index in [1.165, 1.54) is 32.1 Å². The van der Waals surface area contributed by atoms with Crippen LogP contribution in [-0.2, 0) is 0 Å². The van der Waals surface area contributed by atoms with Crippen LogP contribution in [-0.4, -0.2) is 12.1 Å². The standard InChI is InChI=1S/C11H23N/c1-9(2)12-11-7-5-4-6-10(3)8-11/h9-12H,4-8H2,1-3H3/t10-,11-/m1/s1. The van der Waals surface area contributed by atoms with Gasteiger partial charge in [-0.2, -0.15) is 0 Å². The molecule has 0 aromatic heterocycles. The minimum atomic E-state index is 0.653. The first-order valence-electron chi connectivity index (χ1n) is 5.44. The molecule has 12 heavy (non-hydrogen) atoms. The Hall–Kier alpha value is -0.0400. The molecule has 0 saturated heterocycles. The average molecular weight is 169 g/mol. The van der Waals surface area contributed by atoms with Crippen LogP contribution in [0.3, 0.4) is 0 Å². The Morgan fingerprint density at radius 3 is 2.50 bits per heavy atom. The highest BCUT2D eigenvalue weighted by Gasteiger charge is 2.16. The van der Waals surface area contributed by atoms with Crippen LogP contribution in [0.15, 0.2) is 0 Å². The Morgan fingerprint density at radius 2 is 1.83 bits per heavy atom. The quantitative estimate of drug-likeness (QED) is 0.627. The molecule has 1 aliphatic carbocycles. The predicted molar refractivity (Wildman–Crippen MR) is 54.3 cm³/mol. The molecule has 0 heterocycles. The van der Waals surface area contributed by atoms with Crippen LogP contribution in [0.1, 0.15) is 52.9 Å². The summed E-state index contributed by atoms with van der Waals surface area (Å²) in [5, 5.41) is 3.65. The second kappa shape index (κ2) is 4.86.